The van der Waals surface area contributed by atoms with E-state index in [1.807, 2.05) is 0 Å². The number of rotatable bonds is 3. The molecule has 1 amide bonds. The summed E-state index contributed by atoms with van der Waals surface area (Å²) in [5.74, 6) is -0.0829. The fourth-order valence-corrected chi connectivity index (χ4v) is 2.45. The van der Waals surface area contributed by atoms with E-state index < -0.39 is 0 Å². The lowest BCUT2D eigenvalue weighted by molar-refractivity contribution is 0.0925. The third-order valence-electron chi connectivity index (χ3n) is 3.65. The van der Waals surface area contributed by atoms with Crippen LogP contribution in [0.4, 0.5) is 0 Å². The second kappa shape index (κ2) is 4.93. The molecule has 0 aliphatic carbocycles. The average Bonchev–Trinajstić information content (AvgIpc) is 3.06. The largest absolute Gasteiger partial charge is 0.472 e. The van der Waals surface area contributed by atoms with Crippen LogP contribution < -0.4 is 5.32 Å². The first-order chi connectivity index (χ1) is 9.24. The highest BCUT2D eigenvalue weighted by atomic mass is 16.3. The van der Waals surface area contributed by atoms with Crippen LogP contribution in [0.5, 0.6) is 0 Å². The molecule has 0 bridgehead atoms. The SMILES string of the molecule is CN1Cc2cccn2CC1CNC(=O)c1ccoc1. The summed E-state index contributed by atoms with van der Waals surface area (Å²) < 4.78 is 7.15. The molecule has 0 spiro atoms. The molecule has 3 heterocycles. The van der Waals surface area contributed by atoms with Gasteiger partial charge >= 0.3 is 0 Å². The van der Waals surface area contributed by atoms with Gasteiger partial charge in [0.1, 0.15) is 6.26 Å². The zero-order valence-electron chi connectivity index (χ0n) is 10.9. The van der Waals surface area contributed by atoms with Crippen molar-refractivity contribution >= 4 is 5.91 Å². The number of nitrogens with zero attached hydrogens (tertiary/aromatic N) is 2. The molecule has 2 aromatic rings. The van der Waals surface area contributed by atoms with Crippen LogP contribution in [-0.2, 0) is 13.1 Å². The molecular weight excluding hydrogens is 242 g/mol. The summed E-state index contributed by atoms with van der Waals surface area (Å²) in [6, 6.07) is 6.19. The van der Waals surface area contributed by atoms with Gasteiger partial charge in [-0.1, -0.05) is 0 Å². The first-order valence-electron chi connectivity index (χ1n) is 6.38. The number of likely N-dealkylation sites (N-methyl/N-ethyl adjacent to an activating group) is 1. The molecule has 0 fully saturated rings. The van der Waals surface area contributed by atoms with Crippen molar-refractivity contribution in [3.05, 3.63) is 48.2 Å². The zero-order chi connectivity index (χ0) is 13.2. The molecule has 1 aliphatic heterocycles. The van der Waals surface area contributed by atoms with Crippen molar-refractivity contribution in [2.45, 2.75) is 19.1 Å². The number of nitrogens with one attached hydrogen (secondary N) is 1. The number of hydrogen-bond donors (Lipinski definition) is 1. The Hall–Kier alpha value is -2.01. The lowest BCUT2D eigenvalue weighted by Gasteiger charge is -2.34. The van der Waals surface area contributed by atoms with Gasteiger partial charge in [-0.2, -0.15) is 0 Å². The second-order valence-corrected chi connectivity index (χ2v) is 4.94. The Bertz CT molecular complexity index is 559. The summed E-state index contributed by atoms with van der Waals surface area (Å²) in [4.78, 5) is 14.1. The molecule has 0 aromatic carbocycles. The molecule has 0 saturated heterocycles. The number of aromatic nitrogens is 1. The van der Waals surface area contributed by atoms with Crippen LogP contribution in [0.25, 0.3) is 0 Å². The molecule has 1 N–H and O–H groups in total. The summed E-state index contributed by atoms with van der Waals surface area (Å²) >= 11 is 0. The highest BCUT2D eigenvalue weighted by Gasteiger charge is 2.23. The minimum Gasteiger partial charge on any atom is -0.472 e. The number of carbonyl (C=O) groups is 1. The Kier molecular flexibility index (Phi) is 3.13. The molecule has 100 valence electrons. The molecule has 0 saturated carbocycles. The van der Waals surface area contributed by atoms with Crippen molar-refractivity contribution in [2.75, 3.05) is 13.6 Å². The monoisotopic (exact) mass is 259 g/mol. The third kappa shape index (κ3) is 2.42. The van der Waals surface area contributed by atoms with Gasteiger partial charge in [0.15, 0.2) is 0 Å². The fraction of sp³-hybridized carbons (Fsp3) is 0.357. The van der Waals surface area contributed by atoms with Gasteiger partial charge in [-0.25, -0.2) is 0 Å². The van der Waals surface area contributed by atoms with Gasteiger partial charge in [0.25, 0.3) is 5.91 Å². The smallest absolute Gasteiger partial charge is 0.254 e. The molecule has 1 aliphatic rings. The normalized spacial score (nSPS) is 19.1. The van der Waals surface area contributed by atoms with Gasteiger partial charge in [-0.05, 0) is 25.2 Å². The van der Waals surface area contributed by atoms with Crippen LogP contribution in [0.1, 0.15) is 16.1 Å². The molecule has 19 heavy (non-hydrogen) atoms. The standard InChI is InChI=1S/C14H17N3O2/c1-16-8-12-3-2-5-17(12)9-13(16)7-15-14(18)11-4-6-19-10-11/h2-6,10,13H,7-9H2,1H3,(H,15,18). The maximum Gasteiger partial charge on any atom is 0.254 e. The van der Waals surface area contributed by atoms with E-state index in [-0.39, 0.29) is 5.91 Å². The van der Waals surface area contributed by atoms with Crippen LogP contribution in [-0.4, -0.2) is 35.0 Å². The first-order valence-corrected chi connectivity index (χ1v) is 6.38. The summed E-state index contributed by atoms with van der Waals surface area (Å²) in [6.45, 7) is 2.46. The van der Waals surface area contributed by atoms with Gasteiger partial charge in [0.2, 0.25) is 0 Å². The molecule has 5 heteroatoms. The zero-order valence-corrected chi connectivity index (χ0v) is 10.9. The average molecular weight is 259 g/mol. The number of hydrogen-bond acceptors (Lipinski definition) is 3. The van der Waals surface area contributed by atoms with E-state index in [0.29, 0.717) is 18.2 Å². The van der Waals surface area contributed by atoms with Gasteiger partial charge in [0.05, 0.1) is 11.8 Å². The molecule has 0 radical (unpaired) electrons. The van der Waals surface area contributed by atoms with E-state index in [9.17, 15) is 4.79 Å². The number of furan rings is 1. The summed E-state index contributed by atoms with van der Waals surface area (Å²) in [5, 5.41) is 2.95. The number of fused-ring (bicyclic) bond motifs is 1. The topological polar surface area (TPSA) is 50.4 Å². The number of carbonyl (C=O) groups excluding carboxylic acids is 1. The van der Waals surface area contributed by atoms with Crippen LogP contribution >= 0.6 is 0 Å². The van der Waals surface area contributed by atoms with Crippen molar-refractivity contribution in [1.82, 2.24) is 14.8 Å². The highest BCUT2D eigenvalue weighted by molar-refractivity contribution is 5.93. The minimum absolute atomic E-state index is 0.0829. The Morgan fingerprint density at radius 3 is 3.21 bits per heavy atom. The summed E-state index contributed by atoms with van der Waals surface area (Å²) in [7, 11) is 2.09. The molecule has 2 aromatic heterocycles. The van der Waals surface area contributed by atoms with Gasteiger partial charge < -0.3 is 14.3 Å². The van der Waals surface area contributed by atoms with E-state index >= 15 is 0 Å². The molecule has 5 nitrogen and oxygen atoms in total. The van der Waals surface area contributed by atoms with E-state index in [1.54, 1.807) is 6.07 Å². The van der Waals surface area contributed by atoms with Crippen molar-refractivity contribution in [1.29, 1.82) is 0 Å². The maximum absolute atomic E-state index is 11.9. The third-order valence-corrected chi connectivity index (χ3v) is 3.65. The van der Waals surface area contributed by atoms with Gasteiger partial charge in [-0.3, -0.25) is 9.69 Å². The molecular formula is C14H17N3O2. The lowest BCUT2D eigenvalue weighted by Crippen LogP contribution is -2.47. The van der Waals surface area contributed by atoms with E-state index in [1.165, 1.54) is 18.2 Å². The molecule has 1 unspecified atom stereocenters. The Morgan fingerprint density at radius 2 is 2.42 bits per heavy atom. The van der Waals surface area contributed by atoms with Crippen molar-refractivity contribution < 1.29 is 9.21 Å². The maximum atomic E-state index is 11.9. The van der Waals surface area contributed by atoms with Crippen molar-refractivity contribution in [3.8, 4) is 0 Å². The van der Waals surface area contributed by atoms with Crippen LogP contribution in [0, 0.1) is 0 Å². The quantitative estimate of drug-likeness (QED) is 0.904. The summed E-state index contributed by atoms with van der Waals surface area (Å²) in [6.07, 6.45) is 5.06. The minimum atomic E-state index is -0.0829. The molecule has 1 atom stereocenters. The van der Waals surface area contributed by atoms with Crippen molar-refractivity contribution in [3.63, 3.8) is 0 Å². The van der Waals surface area contributed by atoms with Crippen molar-refractivity contribution in [2.24, 2.45) is 0 Å². The summed E-state index contributed by atoms with van der Waals surface area (Å²) in [5.41, 5.74) is 1.89. The second-order valence-electron chi connectivity index (χ2n) is 4.94. The highest BCUT2D eigenvalue weighted by Crippen LogP contribution is 2.16. The Labute approximate surface area is 111 Å². The molecule has 3 rings (SSSR count). The van der Waals surface area contributed by atoms with Gasteiger partial charge in [0, 0.05) is 37.6 Å². The van der Waals surface area contributed by atoms with Gasteiger partial charge in [-0.15, -0.1) is 0 Å². The van der Waals surface area contributed by atoms with Crippen LogP contribution in [0.15, 0.2) is 41.3 Å². The van der Waals surface area contributed by atoms with E-state index in [4.69, 9.17) is 4.42 Å². The van der Waals surface area contributed by atoms with Crippen LogP contribution in [0.3, 0.4) is 0 Å². The fourth-order valence-electron chi connectivity index (χ4n) is 2.45. The van der Waals surface area contributed by atoms with E-state index in [0.717, 1.165) is 13.1 Å². The predicted octanol–water partition coefficient (Wildman–Crippen LogP) is 1.33. The lowest BCUT2D eigenvalue weighted by atomic mass is 10.2. The Balaban J connectivity index is 1.60. The Morgan fingerprint density at radius 1 is 1.53 bits per heavy atom. The predicted molar refractivity (Wildman–Crippen MR) is 70.7 cm³/mol. The van der Waals surface area contributed by atoms with Crippen LogP contribution in [0.2, 0.25) is 0 Å². The van der Waals surface area contributed by atoms with E-state index in [2.05, 4.69) is 40.2 Å². The number of amides is 1. The first kappa shape index (κ1) is 12.0.